The van der Waals surface area contributed by atoms with Gasteiger partial charge in [0.2, 0.25) is 0 Å². The maximum Gasteiger partial charge on any atom is 0.253 e. The van der Waals surface area contributed by atoms with Crippen molar-refractivity contribution in [2.24, 2.45) is 0 Å². The van der Waals surface area contributed by atoms with Gasteiger partial charge >= 0.3 is 0 Å². The number of aliphatic hydroxyl groups is 1. The fourth-order valence-electron chi connectivity index (χ4n) is 2.51. The Kier molecular flexibility index (Phi) is 5.80. The molecule has 1 N–H and O–H groups in total. The molecule has 1 heterocycles. The zero-order valence-electron chi connectivity index (χ0n) is 13.7. The van der Waals surface area contributed by atoms with Gasteiger partial charge in [-0.25, -0.2) is 4.68 Å². The summed E-state index contributed by atoms with van der Waals surface area (Å²) in [5, 5.41) is 14.2. The van der Waals surface area contributed by atoms with Crippen LogP contribution in [-0.4, -0.2) is 45.4 Å². The van der Waals surface area contributed by atoms with Crippen molar-refractivity contribution in [3.63, 3.8) is 0 Å². The zero-order chi connectivity index (χ0) is 17.0. The predicted octanol–water partition coefficient (Wildman–Crippen LogP) is 2.99. The topological polar surface area (TPSA) is 58.4 Å². The molecule has 5 nitrogen and oxygen atoms in total. The van der Waals surface area contributed by atoms with E-state index in [0.29, 0.717) is 23.7 Å². The van der Waals surface area contributed by atoms with Crippen LogP contribution >= 0.6 is 11.6 Å². The minimum Gasteiger partial charge on any atom is -0.395 e. The predicted molar refractivity (Wildman–Crippen MR) is 91.3 cm³/mol. The van der Waals surface area contributed by atoms with Gasteiger partial charge in [0.15, 0.2) is 0 Å². The maximum absolute atomic E-state index is 12.5. The minimum absolute atomic E-state index is 0.0336. The molecule has 0 aliphatic carbocycles. The largest absolute Gasteiger partial charge is 0.395 e. The van der Waals surface area contributed by atoms with Gasteiger partial charge in [-0.3, -0.25) is 4.79 Å². The van der Waals surface area contributed by atoms with E-state index in [4.69, 9.17) is 16.7 Å². The van der Waals surface area contributed by atoms with E-state index in [1.807, 2.05) is 32.9 Å². The standard InChI is InChI=1S/C17H22ClN3O2/c1-4-9-20(10-11-22)17(23)14-5-7-15(8-6-14)21-13(3)16(18)12(2)19-21/h5-8,22H,4,9-11H2,1-3H3. The highest BCUT2D eigenvalue weighted by Gasteiger charge is 2.15. The summed E-state index contributed by atoms with van der Waals surface area (Å²) >= 11 is 6.17. The van der Waals surface area contributed by atoms with Gasteiger partial charge in [-0.2, -0.15) is 5.10 Å². The van der Waals surface area contributed by atoms with Gasteiger partial charge in [0.1, 0.15) is 0 Å². The van der Waals surface area contributed by atoms with Crippen LogP contribution in [0.5, 0.6) is 0 Å². The van der Waals surface area contributed by atoms with Crippen molar-refractivity contribution in [2.45, 2.75) is 27.2 Å². The summed E-state index contributed by atoms with van der Waals surface area (Å²) in [5.41, 5.74) is 3.11. The molecule has 0 fully saturated rings. The normalized spacial score (nSPS) is 10.8. The number of aliphatic hydroxyl groups excluding tert-OH is 1. The molecule has 124 valence electrons. The van der Waals surface area contributed by atoms with Gasteiger partial charge in [0, 0.05) is 18.7 Å². The van der Waals surface area contributed by atoms with Crippen molar-refractivity contribution in [3.05, 3.63) is 46.2 Å². The van der Waals surface area contributed by atoms with Crippen molar-refractivity contribution in [1.29, 1.82) is 0 Å². The number of nitrogens with zero attached hydrogens (tertiary/aromatic N) is 3. The molecule has 0 radical (unpaired) electrons. The Morgan fingerprint density at radius 3 is 2.39 bits per heavy atom. The molecule has 1 amide bonds. The summed E-state index contributed by atoms with van der Waals surface area (Å²) < 4.78 is 1.77. The summed E-state index contributed by atoms with van der Waals surface area (Å²) in [4.78, 5) is 14.1. The highest BCUT2D eigenvalue weighted by molar-refractivity contribution is 6.31. The monoisotopic (exact) mass is 335 g/mol. The Hall–Kier alpha value is -1.85. The maximum atomic E-state index is 12.5. The number of amides is 1. The summed E-state index contributed by atoms with van der Waals surface area (Å²) in [5.74, 6) is -0.0705. The van der Waals surface area contributed by atoms with Gasteiger partial charge in [-0.05, 0) is 44.5 Å². The lowest BCUT2D eigenvalue weighted by Crippen LogP contribution is -2.34. The first kappa shape index (κ1) is 17.5. The average molecular weight is 336 g/mol. The van der Waals surface area contributed by atoms with Gasteiger partial charge in [0.05, 0.1) is 28.7 Å². The van der Waals surface area contributed by atoms with Crippen LogP contribution in [0.4, 0.5) is 0 Å². The number of hydrogen-bond donors (Lipinski definition) is 1. The van der Waals surface area contributed by atoms with Crippen molar-refractivity contribution in [2.75, 3.05) is 19.7 Å². The molecular formula is C17H22ClN3O2. The molecule has 0 aliphatic heterocycles. The lowest BCUT2D eigenvalue weighted by atomic mass is 10.1. The highest BCUT2D eigenvalue weighted by Crippen LogP contribution is 2.22. The molecule has 23 heavy (non-hydrogen) atoms. The second-order valence-corrected chi connectivity index (χ2v) is 5.84. The van der Waals surface area contributed by atoms with Crippen LogP contribution in [0.2, 0.25) is 5.02 Å². The molecule has 0 atom stereocenters. The quantitative estimate of drug-likeness (QED) is 0.882. The SMILES string of the molecule is CCCN(CCO)C(=O)c1ccc(-n2nc(C)c(Cl)c2C)cc1. The molecule has 0 unspecified atom stereocenters. The molecule has 6 heteroatoms. The molecule has 0 bridgehead atoms. The van der Waals surface area contributed by atoms with E-state index in [9.17, 15) is 4.79 Å². The van der Waals surface area contributed by atoms with Crippen LogP contribution in [0.15, 0.2) is 24.3 Å². The first-order valence-corrected chi connectivity index (χ1v) is 8.09. The van der Waals surface area contributed by atoms with Gasteiger partial charge in [0.25, 0.3) is 5.91 Å². The molecule has 2 aromatic rings. The van der Waals surface area contributed by atoms with Crippen molar-refractivity contribution in [3.8, 4) is 5.69 Å². The second kappa shape index (κ2) is 7.62. The third-order valence-corrected chi connectivity index (χ3v) is 4.26. The molecule has 0 aliphatic rings. The van der Waals surface area contributed by atoms with Crippen LogP contribution in [0, 0.1) is 13.8 Å². The van der Waals surface area contributed by atoms with E-state index >= 15 is 0 Å². The number of benzene rings is 1. The fraction of sp³-hybridized carbons (Fsp3) is 0.412. The van der Waals surface area contributed by atoms with Gasteiger partial charge < -0.3 is 10.0 Å². The lowest BCUT2D eigenvalue weighted by molar-refractivity contribution is 0.0722. The Balaban J connectivity index is 2.24. The van der Waals surface area contributed by atoms with E-state index in [0.717, 1.165) is 23.5 Å². The summed E-state index contributed by atoms with van der Waals surface area (Å²) in [6.07, 6.45) is 0.855. The number of halogens is 1. The highest BCUT2D eigenvalue weighted by atomic mass is 35.5. The Bertz CT molecular complexity index is 674. The molecule has 2 rings (SSSR count). The van der Waals surface area contributed by atoms with Crippen LogP contribution in [0.3, 0.4) is 0 Å². The van der Waals surface area contributed by atoms with E-state index in [-0.39, 0.29) is 12.5 Å². The van der Waals surface area contributed by atoms with Crippen LogP contribution in [-0.2, 0) is 0 Å². The van der Waals surface area contributed by atoms with Crippen LogP contribution < -0.4 is 0 Å². The van der Waals surface area contributed by atoms with Crippen LogP contribution in [0.25, 0.3) is 5.69 Å². The second-order valence-electron chi connectivity index (χ2n) is 5.46. The smallest absolute Gasteiger partial charge is 0.253 e. The lowest BCUT2D eigenvalue weighted by Gasteiger charge is -2.21. The first-order chi connectivity index (χ1) is 11.0. The number of carbonyl (C=O) groups excluding carboxylic acids is 1. The van der Waals surface area contributed by atoms with Crippen molar-refractivity contribution >= 4 is 17.5 Å². The summed E-state index contributed by atoms with van der Waals surface area (Å²) in [6.45, 7) is 6.73. The van der Waals surface area contributed by atoms with E-state index in [1.165, 1.54) is 0 Å². The van der Waals surface area contributed by atoms with E-state index in [1.54, 1.807) is 21.7 Å². The fourth-order valence-corrected chi connectivity index (χ4v) is 2.63. The van der Waals surface area contributed by atoms with Crippen molar-refractivity contribution in [1.82, 2.24) is 14.7 Å². The third-order valence-electron chi connectivity index (χ3n) is 3.71. The van der Waals surface area contributed by atoms with Crippen molar-refractivity contribution < 1.29 is 9.90 Å². The van der Waals surface area contributed by atoms with E-state index in [2.05, 4.69) is 5.10 Å². The first-order valence-electron chi connectivity index (χ1n) is 7.71. The minimum atomic E-state index is -0.0705. The van der Waals surface area contributed by atoms with Crippen LogP contribution in [0.1, 0.15) is 35.1 Å². The number of hydrogen-bond acceptors (Lipinski definition) is 3. The zero-order valence-corrected chi connectivity index (χ0v) is 14.5. The molecule has 0 saturated carbocycles. The van der Waals surface area contributed by atoms with E-state index < -0.39 is 0 Å². The molecule has 0 spiro atoms. The Morgan fingerprint density at radius 2 is 1.91 bits per heavy atom. The summed E-state index contributed by atoms with van der Waals surface area (Å²) in [6, 6.07) is 7.27. The molecular weight excluding hydrogens is 314 g/mol. The summed E-state index contributed by atoms with van der Waals surface area (Å²) in [7, 11) is 0. The number of aromatic nitrogens is 2. The average Bonchev–Trinajstić information content (AvgIpc) is 2.82. The number of carbonyl (C=O) groups is 1. The van der Waals surface area contributed by atoms with Gasteiger partial charge in [-0.15, -0.1) is 0 Å². The Labute approximate surface area is 141 Å². The molecule has 0 saturated heterocycles. The number of rotatable bonds is 6. The number of aryl methyl sites for hydroxylation is 1. The van der Waals surface area contributed by atoms with Gasteiger partial charge in [-0.1, -0.05) is 18.5 Å². The Morgan fingerprint density at radius 1 is 1.26 bits per heavy atom. The molecule has 1 aromatic heterocycles. The third kappa shape index (κ3) is 3.74. The molecule has 1 aromatic carbocycles.